The summed E-state index contributed by atoms with van der Waals surface area (Å²) in [5.41, 5.74) is 0. The first-order valence-electron chi connectivity index (χ1n) is 1.77. The van der Waals surface area contributed by atoms with E-state index in [9.17, 15) is 9.59 Å². The molecule has 0 aliphatic heterocycles. The Hall–Kier alpha value is 0.230. The summed E-state index contributed by atoms with van der Waals surface area (Å²) in [7, 11) is 0. The summed E-state index contributed by atoms with van der Waals surface area (Å²) in [5, 5.41) is 15.6. The zero-order chi connectivity index (χ0) is 6.57. The third kappa shape index (κ3) is 15.7. The van der Waals surface area contributed by atoms with Gasteiger partial charge in [0.05, 0.1) is 0 Å². The molecule has 0 saturated heterocycles. The van der Waals surface area contributed by atoms with Gasteiger partial charge in [-0.15, -0.1) is 12.4 Å². The van der Waals surface area contributed by atoms with E-state index in [1.165, 1.54) is 0 Å². The Bertz CT molecular complexity index is 128. The molecule has 0 aliphatic carbocycles. The Kier molecular flexibility index (Phi) is 15.4. The number of hydrogen-bond donors (Lipinski definition) is 2. The number of halogens is 1. The SMILES string of the molecule is Cl.O=C(O)/C=C\C(=O)O.[CaH2]. The van der Waals surface area contributed by atoms with E-state index in [0.29, 0.717) is 12.2 Å². The molecule has 2 N–H and O–H groups in total. The van der Waals surface area contributed by atoms with Gasteiger partial charge in [-0.1, -0.05) is 0 Å². The average Bonchev–Trinajstić information content (AvgIpc) is 1.61. The molecule has 0 saturated carbocycles. The summed E-state index contributed by atoms with van der Waals surface area (Å²) in [6.45, 7) is 0. The number of carbonyl (C=O) groups is 2. The molecule has 0 aliphatic rings. The van der Waals surface area contributed by atoms with Crippen molar-refractivity contribution in [3.63, 3.8) is 0 Å². The van der Waals surface area contributed by atoms with Crippen LogP contribution in [0.3, 0.4) is 0 Å². The topological polar surface area (TPSA) is 74.6 Å². The van der Waals surface area contributed by atoms with E-state index in [-0.39, 0.29) is 50.1 Å². The third-order valence-corrected chi connectivity index (χ3v) is 0.368. The Morgan fingerprint density at radius 2 is 1.20 bits per heavy atom. The van der Waals surface area contributed by atoms with Crippen molar-refractivity contribution in [1.82, 2.24) is 0 Å². The van der Waals surface area contributed by atoms with Gasteiger partial charge in [-0.25, -0.2) is 9.59 Å². The molecule has 0 atom stereocenters. The van der Waals surface area contributed by atoms with Gasteiger partial charge in [0.2, 0.25) is 0 Å². The molecule has 4 nitrogen and oxygen atoms in total. The monoisotopic (exact) mass is 194 g/mol. The van der Waals surface area contributed by atoms with Crippen LogP contribution in [0, 0.1) is 0 Å². The van der Waals surface area contributed by atoms with Crippen LogP contribution in [0.4, 0.5) is 0 Å². The zero-order valence-corrected chi connectivity index (χ0v) is 5.09. The Labute approximate surface area is 93.3 Å². The second kappa shape index (κ2) is 9.23. The van der Waals surface area contributed by atoms with E-state index < -0.39 is 11.9 Å². The number of carboxylic acids is 2. The molecule has 0 heterocycles. The maximum atomic E-state index is 9.55. The normalized spacial score (nSPS) is 7.60. The van der Waals surface area contributed by atoms with Gasteiger partial charge in [0, 0.05) is 12.2 Å². The van der Waals surface area contributed by atoms with Gasteiger partial charge in [-0.3, -0.25) is 0 Å². The average molecular weight is 195 g/mol. The fourth-order valence-corrected chi connectivity index (χ4v) is 0.143. The molecule has 0 aromatic carbocycles. The molecule has 0 bridgehead atoms. The van der Waals surface area contributed by atoms with E-state index in [0.717, 1.165) is 0 Å². The molecule has 56 valence electrons. The molecule has 0 aromatic heterocycles. The van der Waals surface area contributed by atoms with Crippen molar-refractivity contribution in [3.05, 3.63) is 12.2 Å². The van der Waals surface area contributed by atoms with Crippen molar-refractivity contribution in [1.29, 1.82) is 0 Å². The molecule has 0 spiro atoms. The summed E-state index contributed by atoms with van der Waals surface area (Å²) >= 11 is 0. The molecular formula is C4H7CaClO4. The van der Waals surface area contributed by atoms with Crippen molar-refractivity contribution in [2.45, 2.75) is 0 Å². The van der Waals surface area contributed by atoms with Gasteiger partial charge in [-0.2, -0.15) is 0 Å². The van der Waals surface area contributed by atoms with Crippen molar-refractivity contribution >= 4 is 62.1 Å². The van der Waals surface area contributed by atoms with Gasteiger partial charge < -0.3 is 10.2 Å². The predicted octanol–water partition coefficient (Wildman–Crippen LogP) is -0.783. The minimum absolute atomic E-state index is 0. The third-order valence-electron chi connectivity index (χ3n) is 0.368. The van der Waals surface area contributed by atoms with Gasteiger partial charge in [0.1, 0.15) is 0 Å². The van der Waals surface area contributed by atoms with Crippen molar-refractivity contribution in [2.24, 2.45) is 0 Å². The van der Waals surface area contributed by atoms with Gasteiger partial charge in [-0.05, 0) is 0 Å². The molecule has 10 heavy (non-hydrogen) atoms. The van der Waals surface area contributed by atoms with Crippen LogP contribution in [0.15, 0.2) is 12.2 Å². The standard InChI is InChI=1S/C4H4O4.Ca.ClH.2H/c5-3(6)1-2-4(7)8;;;;/h1-2H,(H,5,6)(H,7,8);;1H;;/b2-1-;;;;. The van der Waals surface area contributed by atoms with Gasteiger partial charge >= 0.3 is 49.7 Å². The van der Waals surface area contributed by atoms with Crippen LogP contribution in [0.5, 0.6) is 0 Å². The second-order valence-corrected chi connectivity index (χ2v) is 1.01. The Morgan fingerprint density at radius 3 is 1.30 bits per heavy atom. The van der Waals surface area contributed by atoms with Crippen LogP contribution in [-0.2, 0) is 9.59 Å². The first-order chi connectivity index (χ1) is 3.63. The van der Waals surface area contributed by atoms with E-state index >= 15 is 0 Å². The maximum absolute atomic E-state index is 9.55. The summed E-state index contributed by atoms with van der Waals surface area (Å²) in [6, 6.07) is 0. The van der Waals surface area contributed by atoms with E-state index in [2.05, 4.69) is 0 Å². The molecule has 0 fully saturated rings. The second-order valence-electron chi connectivity index (χ2n) is 1.01. The van der Waals surface area contributed by atoms with Crippen LogP contribution in [0.25, 0.3) is 0 Å². The first kappa shape index (κ1) is 16.7. The minimum atomic E-state index is -1.26. The van der Waals surface area contributed by atoms with E-state index in [1.54, 1.807) is 0 Å². The number of carboxylic acid groups (broad SMARTS) is 2. The van der Waals surface area contributed by atoms with Crippen LogP contribution in [0.2, 0.25) is 0 Å². The molecule has 0 amide bonds. The molecule has 0 unspecified atom stereocenters. The zero-order valence-electron chi connectivity index (χ0n) is 4.27. The van der Waals surface area contributed by atoms with Crippen LogP contribution < -0.4 is 0 Å². The fourth-order valence-electron chi connectivity index (χ4n) is 0.143. The summed E-state index contributed by atoms with van der Waals surface area (Å²) < 4.78 is 0. The summed E-state index contributed by atoms with van der Waals surface area (Å²) in [5.74, 6) is -2.51. The molecular weight excluding hydrogens is 188 g/mol. The van der Waals surface area contributed by atoms with E-state index in [1.807, 2.05) is 0 Å². The Balaban J connectivity index is -0.000000245. The molecule has 6 heteroatoms. The fraction of sp³-hybridized carbons (Fsp3) is 0. The summed E-state index contributed by atoms with van der Waals surface area (Å²) in [4.78, 5) is 19.1. The van der Waals surface area contributed by atoms with Gasteiger partial charge in [0.15, 0.2) is 0 Å². The Morgan fingerprint density at radius 1 is 1.00 bits per heavy atom. The van der Waals surface area contributed by atoms with Crippen molar-refractivity contribution < 1.29 is 19.8 Å². The van der Waals surface area contributed by atoms with Gasteiger partial charge in [0.25, 0.3) is 0 Å². The molecule has 0 aromatic rings. The summed E-state index contributed by atoms with van der Waals surface area (Å²) in [6.07, 6.45) is 1.12. The van der Waals surface area contributed by atoms with E-state index in [4.69, 9.17) is 10.2 Å². The number of aliphatic carboxylic acids is 2. The van der Waals surface area contributed by atoms with Crippen LogP contribution >= 0.6 is 12.4 Å². The van der Waals surface area contributed by atoms with Crippen molar-refractivity contribution in [3.8, 4) is 0 Å². The molecule has 0 radical (unpaired) electrons. The number of rotatable bonds is 2. The predicted molar refractivity (Wildman–Crippen MR) is 40.2 cm³/mol. The first-order valence-corrected chi connectivity index (χ1v) is 1.77. The van der Waals surface area contributed by atoms with Crippen molar-refractivity contribution in [2.75, 3.05) is 0 Å². The van der Waals surface area contributed by atoms with Crippen LogP contribution in [0.1, 0.15) is 0 Å². The number of hydrogen-bond acceptors (Lipinski definition) is 2. The quantitative estimate of drug-likeness (QED) is 0.447. The van der Waals surface area contributed by atoms with Crippen LogP contribution in [-0.4, -0.2) is 59.9 Å². The molecule has 0 rings (SSSR count).